The maximum absolute atomic E-state index is 13.5. The Labute approximate surface area is 234 Å². The molecule has 1 aliphatic heterocycles. The highest BCUT2D eigenvalue weighted by molar-refractivity contribution is 6.13. The van der Waals surface area contributed by atoms with Crippen LogP contribution in [0.4, 0.5) is 4.79 Å². The van der Waals surface area contributed by atoms with Crippen LogP contribution in [0.25, 0.3) is 6.08 Å². The summed E-state index contributed by atoms with van der Waals surface area (Å²) in [5.74, 6) is 0.0627. The molecule has 0 radical (unpaired) electrons. The summed E-state index contributed by atoms with van der Waals surface area (Å²) in [6.45, 7) is 4.84. The number of hydrogen-bond acceptors (Lipinski definition) is 6. The zero-order chi connectivity index (χ0) is 28.6. The summed E-state index contributed by atoms with van der Waals surface area (Å²) in [6.07, 6.45) is 8.98. The zero-order valence-corrected chi connectivity index (χ0v) is 23.2. The van der Waals surface area contributed by atoms with Crippen LogP contribution in [-0.2, 0) is 29.0 Å². The molecule has 3 aromatic rings. The van der Waals surface area contributed by atoms with Gasteiger partial charge in [-0.1, -0.05) is 38.8 Å². The monoisotopic (exact) mass is 545 g/mol. The Morgan fingerprint density at radius 3 is 2.45 bits per heavy atom. The molecule has 0 aliphatic carbocycles. The molecule has 1 aromatic carbocycles. The molecular weight excluding hydrogens is 510 g/mol. The van der Waals surface area contributed by atoms with Crippen molar-refractivity contribution >= 4 is 24.0 Å². The first-order chi connectivity index (χ1) is 19.4. The standard InChI is InChI=1S/C30H35N5O5/c1-4-6-11-27-31-19-25(33(27)20-22-12-14-23(15-13-22)29(37)40-3)18-26-28(36)32(16-7-5-2)30(38)34(26)21-24-10-8-9-17-35(24)39/h8-10,12-15,17-19H,4-7,11,16,20-21H2,1-3H3/b26-18-. The highest BCUT2D eigenvalue weighted by atomic mass is 16.5. The lowest BCUT2D eigenvalue weighted by molar-refractivity contribution is -0.615. The predicted octanol–water partition coefficient (Wildman–Crippen LogP) is 4.30. The number of carbonyl (C=O) groups is 3. The Morgan fingerprint density at radius 1 is 1.02 bits per heavy atom. The number of rotatable bonds is 12. The van der Waals surface area contributed by atoms with Crippen LogP contribution in [-0.4, -0.2) is 50.9 Å². The van der Waals surface area contributed by atoms with Crippen molar-refractivity contribution in [1.29, 1.82) is 0 Å². The molecule has 2 aromatic heterocycles. The highest BCUT2D eigenvalue weighted by Gasteiger charge is 2.41. The molecule has 210 valence electrons. The molecule has 0 N–H and O–H groups in total. The predicted molar refractivity (Wildman–Crippen MR) is 149 cm³/mol. The fraction of sp³-hybridized carbons (Fsp3) is 0.367. The largest absolute Gasteiger partial charge is 0.618 e. The number of amides is 3. The van der Waals surface area contributed by atoms with Crippen LogP contribution in [0.2, 0.25) is 0 Å². The number of carbonyl (C=O) groups excluding carboxylic acids is 3. The lowest BCUT2D eigenvalue weighted by atomic mass is 10.1. The van der Waals surface area contributed by atoms with E-state index in [2.05, 4.69) is 11.9 Å². The van der Waals surface area contributed by atoms with Crippen LogP contribution in [0.15, 0.2) is 60.6 Å². The molecule has 10 heteroatoms. The van der Waals surface area contributed by atoms with Gasteiger partial charge in [0.2, 0.25) is 5.69 Å². The Hall–Kier alpha value is -4.47. The van der Waals surface area contributed by atoms with E-state index in [1.165, 1.54) is 23.1 Å². The van der Waals surface area contributed by atoms with E-state index in [9.17, 15) is 19.6 Å². The zero-order valence-electron chi connectivity index (χ0n) is 23.2. The number of pyridine rings is 1. The molecule has 4 rings (SSSR count). The minimum absolute atomic E-state index is 0.0325. The molecule has 0 bridgehead atoms. The second kappa shape index (κ2) is 13.1. The number of aryl methyl sites for hydroxylation is 1. The first kappa shape index (κ1) is 28.5. The fourth-order valence-electron chi connectivity index (χ4n) is 4.59. The smallest absolute Gasteiger partial charge is 0.337 e. The van der Waals surface area contributed by atoms with E-state index < -0.39 is 17.9 Å². The summed E-state index contributed by atoms with van der Waals surface area (Å²) in [6, 6.07) is 11.7. The van der Waals surface area contributed by atoms with Gasteiger partial charge in [0.25, 0.3) is 5.91 Å². The number of nitrogens with zero attached hydrogens (tertiary/aromatic N) is 5. The van der Waals surface area contributed by atoms with Crippen LogP contribution < -0.4 is 4.73 Å². The number of ether oxygens (including phenoxy) is 1. The van der Waals surface area contributed by atoms with E-state index in [-0.39, 0.29) is 12.2 Å². The molecule has 0 saturated carbocycles. The molecule has 0 atom stereocenters. The van der Waals surface area contributed by atoms with Gasteiger partial charge < -0.3 is 14.5 Å². The Morgan fingerprint density at radius 2 is 1.77 bits per heavy atom. The first-order valence-electron chi connectivity index (χ1n) is 13.6. The molecular formula is C30H35N5O5. The quantitative estimate of drug-likeness (QED) is 0.110. The fourth-order valence-corrected chi connectivity index (χ4v) is 4.59. The first-order valence-corrected chi connectivity index (χ1v) is 13.6. The van der Waals surface area contributed by atoms with E-state index >= 15 is 0 Å². The minimum atomic E-state index is -0.441. The average molecular weight is 546 g/mol. The number of aromatic nitrogens is 3. The normalized spacial score (nSPS) is 14.4. The van der Waals surface area contributed by atoms with Crippen molar-refractivity contribution in [2.24, 2.45) is 0 Å². The number of benzene rings is 1. The molecule has 3 amide bonds. The van der Waals surface area contributed by atoms with Crippen molar-refractivity contribution in [3.63, 3.8) is 0 Å². The van der Waals surface area contributed by atoms with Gasteiger partial charge in [0.05, 0.1) is 24.6 Å². The highest BCUT2D eigenvalue weighted by Crippen LogP contribution is 2.27. The SMILES string of the molecule is CCCCc1ncc(/C=C2/C(=O)N(CCCC)C(=O)N2Cc2cccc[n+]2[O-])n1Cc1ccc(C(=O)OC)cc1. The number of urea groups is 1. The molecule has 1 saturated heterocycles. The van der Waals surface area contributed by atoms with Crippen molar-refractivity contribution in [3.8, 4) is 0 Å². The average Bonchev–Trinajstić information content (AvgIpc) is 3.44. The van der Waals surface area contributed by atoms with Crippen molar-refractivity contribution < 1.29 is 23.9 Å². The topological polar surface area (TPSA) is 112 Å². The van der Waals surface area contributed by atoms with Crippen LogP contribution in [0, 0.1) is 5.21 Å². The second-order valence-electron chi connectivity index (χ2n) is 9.70. The van der Waals surface area contributed by atoms with Gasteiger partial charge in [-0.2, -0.15) is 4.73 Å². The summed E-state index contributed by atoms with van der Waals surface area (Å²) >= 11 is 0. The number of imide groups is 1. The summed E-state index contributed by atoms with van der Waals surface area (Å²) in [5.41, 5.74) is 2.63. The van der Waals surface area contributed by atoms with Crippen LogP contribution in [0.5, 0.6) is 0 Å². The summed E-state index contributed by atoms with van der Waals surface area (Å²) in [7, 11) is 1.34. The Bertz CT molecular complexity index is 1400. The molecule has 1 aliphatic rings. The van der Waals surface area contributed by atoms with Crippen molar-refractivity contribution in [3.05, 3.63) is 94.1 Å². The van der Waals surface area contributed by atoms with Crippen LogP contribution in [0.3, 0.4) is 0 Å². The number of hydrogen-bond donors (Lipinski definition) is 0. The maximum atomic E-state index is 13.5. The molecule has 0 spiro atoms. The third kappa shape index (κ3) is 6.22. The van der Waals surface area contributed by atoms with E-state index in [4.69, 9.17) is 4.74 Å². The van der Waals surface area contributed by atoms with Gasteiger partial charge in [-0.05, 0) is 42.7 Å². The van der Waals surface area contributed by atoms with Gasteiger partial charge in [-0.25, -0.2) is 14.6 Å². The van der Waals surface area contributed by atoms with Crippen molar-refractivity contribution in [2.45, 2.75) is 59.0 Å². The van der Waals surface area contributed by atoms with E-state index in [1.54, 1.807) is 42.6 Å². The molecule has 3 heterocycles. The summed E-state index contributed by atoms with van der Waals surface area (Å²) in [5, 5.41) is 12.4. The number of esters is 1. The second-order valence-corrected chi connectivity index (χ2v) is 9.70. The Kier molecular flexibility index (Phi) is 9.31. The maximum Gasteiger partial charge on any atom is 0.337 e. The van der Waals surface area contributed by atoms with Gasteiger partial charge in [-0.3, -0.25) is 14.6 Å². The molecule has 40 heavy (non-hydrogen) atoms. The third-order valence-corrected chi connectivity index (χ3v) is 6.90. The minimum Gasteiger partial charge on any atom is -0.618 e. The van der Waals surface area contributed by atoms with E-state index in [0.717, 1.165) is 37.1 Å². The van der Waals surface area contributed by atoms with Gasteiger partial charge in [0.1, 0.15) is 18.1 Å². The number of unbranched alkanes of at least 4 members (excludes halogenated alkanes) is 2. The summed E-state index contributed by atoms with van der Waals surface area (Å²) in [4.78, 5) is 46.0. The van der Waals surface area contributed by atoms with Gasteiger partial charge in [-0.15, -0.1) is 0 Å². The lowest BCUT2D eigenvalue weighted by Gasteiger charge is -2.17. The van der Waals surface area contributed by atoms with E-state index in [0.29, 0.717) is 41.2 Å². The molecule has 1 fully saturated rings. The van der Waals surface area contributed by atoms with Crippen molar-refractivity contribution in [1.82, 2.24) is 19.4 Å². The van der Waals surface area contributed by atoms with Crippen LogP contribution in [0.1, 0.15) is 72.7 Å². The lowest BCUT2D eigenvalue weighted by Crippen LogP contribution is -2.38. The van der Waals surface area contributed by atoms with E-state index in [1.807, 2.05) is 23.6 Å². The van der Waals surface area contributed by atoms with Crippen LogP contribution >= 0.6 is 0 Å². The van der Waals surface area contributed by atoms with Crippen molar-refractivity contribution in [2.75, 3.05) is 13.7 Å². The number of methoxy groups -OCH3 is 1. The molecule has 10 nitrogen and oxygen atoms in total. The summed E-state index contributed by atoms with van der Waals surface area (Å²) < 4.78 is 7.53. The van der Waals surface area contributed by atoms with Gasteiger partial charge >= 0.3 is 12.0 Å². The molecule has 0 unspecified atom stereocenters. The Balaban J connectivity index is 1.73. The third-order valence-electron chi connectivity index (χ3n) is 6.90. The number of imidazole rings is 1. The van der Waals surface area contributed by atoms with Gasteiger partial charge in [0.15, 0.2) is 6.20 Å². The van der Waals surface area contributed by atoms with Gasteiger partial charge in [0, 0.05) is 31.6 Å².